The summed E-state index contributed by atoms with van der Waals surface area (Å²) in [6.45, 7) is 1.94. The van der Waals surface area contributed by atoms with E-state index in [1.165, 1.54) is 0 Å². The highest BCUT2D eigenvalue weighted by Gasteiger charge is 2.12. The van der Waals surface area contributed by atoms with E-state index in [1.54, 1.807) is 6.07 Å². The number of aliphatic carboxylic acids is 1. The fraction of sp³-hybridized carbons (Fsp3) is 0.300. The lowest BCUT2D eigenvalue weighted by Crippen LogP contribution is -2.05. The Morgan fingerprint density at radius 1 is 1.50 bits per heavy atom. The molecule has 0 aliphatic carbocycles. The van der Waals surface area contributed by atoms with Gasteiger partial charge in [0.25, 0.3) is 0 Å². The van der Waals surface area contributed by atoms with Crippen LogP contribution in [0, 0.1) is 6.92 Å². The predicted molar refractivity (Wildman–Crippen MR) is 60.2 cm³/mol. The van der Waals surface area contributed by atoms with Crippen molar-refractivity contribution < 1.29 is 9.90 Å². The highest BCUT2D eigenvalue weighted by Crippen LogP contribution is 2.25. The standard InChI is InChI=1S/C10H10BrClO2/c1-6-2-3-9(12)7(4-10(13)14)8(6)5-11/h2-3H,4-5H2,1H3,(H,13,14). The maximum Gasteiger partial charge on any atom is 0.307 e. The van der Waals surface area contributed by atoms with E-state index in [0.717, 1.165) is 11.1 Å². The van der Waals surface area contributed by atoms with Crippen molar-refractivity contribution in [2.24, 2.45) is 0 Å². The number of benzene rings is 1. The molecule has 0 saturated heterocycles. The van der Waals surface area contributed by atoms with Gasteiger partial charge in [-0.25, -0.2) is 0 Å². The van der Waals surface area contributed by atoms with Crippen molar-refractivity contribution in [3.05, 3.63) is 33.8 Å². The first-order valence-corrected chi connectivity index (χ1v) is 5.60. The minimum absolute atomic E-state index is 0.0263. The van der Waals surface area contributed by atoms with E-state index < -0.39 is 5.97 Å². The van der Waals surface area contributed by atoms with Crippen molar-refractivity contribution in [2.75, 3.05) is 0 Å². The van der Waals surface area contributed by atoms with Gasteiger partial charge < -0.3 is 5.11 Å². The molecule has 76 valence electrons. The molecule has 0 atom stereocenters. The molecular formula is C10H10BrClO2. The van der Waals surface area contributed by atoms with Gasteiger partial charge in [-0.05, 0) is 29.7 Å². The molecule has 0 aliphatic heterocycles. The Balaban J connectivity index is 3.22. The topological polar surface area (TPSA) is 37.3 Å². The van der Waals surface area contributed by atoms with E-state index >= 15 is 0 Å². The summed E-state index contributed by atoms with van der Waals surface area (Å²) < 4.78 is 0. The molecule has 0 spiro atoms. The van der Waals surface area contributed by atoms with E-state index in [9.17, 15) is 4.79 Å². The Labute approximate surface area is 96.0 Å². The van der Waals surface area contributed by atoms with E-state index in [2.05, 4.69) is 15.9 Å². The molecule has 0 saturated carbocycles. The van der Waals surface area contributed by atoms with Gasteiger partial charge in [0.1, 0.15) is 0 Å². The zero-order valence-corrected chi connectivity index (χ0v) is 10.0. The zero-order valence-electron chi connectivity index (χ0n) is 7.68. The molecule has 4 heteroatoms. The average Bonchev–Trinajstić information content (AvgIpc) is 2.11. The summed E-state index contributed by atoms with van der Waals surface area (Å²) >= 11 is 9.27. The van der Waals surface area contributed by atoms with E-state index in [1.807, 2.05) is 13.0 Å². The average molecular weight is 278 g/mol. The Hall–Kier alpha value is -0.540. The quantitative estimate of drug-likeness (QED) is 0.862. The number of carbonyl (C=O) groups is 1. The van der Waals surface area contributed by atoms with Gasteiger partial charge in [-0.2, -0.15) is 0 Å². The van der Waals surface area contributed by atoms with Crippen LogP contribution in [-0.2, 0) is 16.5 Å². The SMILES string of the molecule is Cc1ccc(Cl)c(CC(=O)O)c1CBr. The molecule has 0 heterocycles. The van der Waals surface area contributed by atoms with Gasteiger partial charge in [0.15, 0.2) is 0 Å². The molecule has 0 aliphatic rings. The fourth-order valence-electron chi connectivity index (χ4n) is 1.31. The van der Waals surface area contributed by atoms with Crippen LogP contribution in [0.2, 0.25) is 5.02 Å². The van der Waals surface area contributed by atoms with Crippen molar-refractivity contribution in [2.45, 2.75) is 18.7 Å². The summed E-state index contributed by atoms with van der Waals surface area (Å²) in [5.41, 5.74) is 2.73. The Morgan fingerprint density at radius 2 is 2.14 bits per heavy atom. The molecule has 2 nitrogen and oxygen atoms in total. The minimum atomic E-state index is -0.861. The lowest BCUT2D eigenvalue weighted by atomic mass is 10.0. The van der Waals surface area contributed by atoms with E-state index in [4.69, 9.17) is 16.7 Å². The number of alkyl halides is 1. The molecule has 1 aromatic rings. The van der Waals surface area contributed by atoms with Crippen molar-refractivity contribution >= 4 is 33.5 Å². The number of aryl methyl sites for hydroxylation is 1. The highest BCUT2D eigenvalue weighted by atomic mass is 79.9. The number of hydrogen-bond donors (Lipinski definition) is 1. The molecular weight excluding hydrogens is 267 g/mol. The second kappa shape index (κ2) is 4.80. The second-order valence-corrected chi connectivity index (χ2v) is 3.99. The van der Waals surface area contributed by atoms with Crippen LogP contribution in [0.5, 0.6) is 0 Å². The largest absolute Gasteiger partial charge is 0.481 e. The molecule has 0 unspecified atom stereocenters. The van der Waals surface area contributed by atoms with Gasteiger partial charge in [-0.1, -0.05) is 33.6 Å². The first-order chi connectivity index (χ1) is 6.56. The molecule has 0 aromatic heterocycles. The van der Waals surface area contributed by atoms with Crippen LogP contribution >= 0.6 is 27.5 Å². The lowest BCUT2D eigenvalue weighted by Gasteiger charge is -2.10. The number of hydrogen-bond acceptors (Lipinski definition) is 1. The van der Waals surface area contributed by atoms with Crippen LogP contribution in [0.3, 0.4) is 0 Å². The summed E-state index contributed by atoms with van der Waals surface area (Å²) in [5, 5.41) is 9.88. The smallest absolute Gasteiger partial charge is 0.307 e. The van der Waals surface area contributed by atoms with Crippen molar-refractivity contribution in [1.82, 2.24) is 0 Å². The summed E-state index contributed by atoms with van der Waals surface area (Å²) in [5.74, 6) is -0.861. The van der Waals surface area contributed by atoms with Gasteiger partial charge >= 0.3 is 5.97 Å². The van der Waals surface area contributed by atoms with Gasteiger partial charge in [0.2, 0.25) is 0 Å². The number of rotatable bonds is 3. The summed E-state index contributed by atoms with van der Waals surface area (Å²) in [6, 6.07) is 3.63. The van der Waals surface area contributed by atoms with Crippen LogP contribution in [0.25, 0.3) is 0 Å². The maximum atomic E-state index is 10.6. The van der Waals surface area contributed by atoms with Crippen LogP contribution < -0.4 is 0 Å². The van der Waals surface area contributed by atoms with Crippen molar-refractivity contribution in [3.8, 4) is 0 Å². The van der Waals surface area contributed by atoms with Gasteiger partial charge in [0, 0.05) is 10.4 Å². The second-order valence-electron chi connectivity index (χ2n) is 3.03. The predicted octanol–water partition coefficient (Wildman–Crippen LogP) is 3.17. The molecule has 0 radical (unpaired) electrons. The number of halogens is 2. The Morgan fingerprint density at radius 3 is 2.64 bits per heavy atom. The molecule has 0 fully saturated rings. The van der Waals surface area contributed by atoms with E-state index in [0.29, 0.717) is 15.9 Å². The molecule has 14 heavy (non-hydrogen) atoms. The van der Waals surface area contributed by atoms with Gasteiger partial charge in [0.05, 0.1) is 6.42 Å². The highest BCUT2D eigenvalue weighted by molar-refractivity contribution is 9.08. The fourth-order valence-corrected chi connectivity index (χ4v) is 2.33. The Kier molecular flexibility index (Phi) is 3.96. The third-order valence-corrected chi connectivity index (χ3v) is 2.98. The Bertz CT molecular complexity index is 363. The van der Waals surface area contributed by atoms with E-state index in [-0.39, 0.29) is 6.42 Å². The number of carboxylic acid groups (broad SMARTS) is 1. The molecule has 0 bridgehead atoms. The minimum Gasteiger partial charge on any atom is -0.481 e. The first-order valence-electron chi connectivity index (χ1n) is 4.11. The zero-order chi connectivity index (χ0) is 10.7. The van der Waals surface area contributed by atoms with Crippen LogP contribution in [0.15, 0.2) is 12.1 Å². The van der Waals surface area contributed by atoms with Gasteiger partial charge in [-0.3, -0.25) is 4.79 Å². The summed E-state index contributed by atoms with van der Waals surface area (Å²) in [6.07, 6.45) is -0.0263. The van der Waals surface area contributed by atoms with Crippen LogP contribution in [-0.4, -0.2) is 11.1 Å². The lowest BCUT2D eigenvalue weighted by molar-refractivity contribution is -0.136. The van der Waals surface area contributed by atoms with Crippen molar-refractivity contribution in [1.29, 1.82) is 0 Å². The summed E-state index contributed by atoms with van der Waals surface area (Å²) in [4.78, 5) is 10.6. The third-order valence-electron chi connectivity index (χ3n) is 2.07. The molecule has 1 rings (SSSR count). The molecule has 1 aromatic carbocycles. The third kappa shape index (κ3) is 2.49. The summed E-state index contributed by atoms with van der Waals surface area (Å²) in [7, 11) is 0. The van der Waals surface area contributed by atoms with Crippen molar-refractivity contribution in [3.63, 3.8) is 0 Å². The van der Waals surface area contributed by atoms with Gasteiger partial charge in [-0.15, -0.1) is 0 Å². The molecule has 1 N–H and O–H groups in total. The molecule has 0 amide bonds. The van der Waals surface area contributed by atoms with Crippen LogP contribution in [0.1, 0.15) is 16.7 Å². The van der Waals surface area contributed by atoms with Crippen LogP contribution in [0.4, 0.5) is 0 Å². The maximum absolute atomic E-state index is 10.6. The normalized spacial score (nSPS) is 10.2. The monoisotopic (exact) mass is 276 g/mol. The first kappa shape index (κ1) is 11.5. The number of carboxylic acids is 1.